The molecule has 0 aliphatic carbocycles. The number of rotatable bonds is 4. The van der Waals surface area contributed by atoms with Gasteiger partial charge in [-0.3, -0.25) is 9.47 Å². The molecule has 6 nitrogen and oxygen atoms in total. The lowest BCUT2D eigenvalue weighted by Crippen LogP contribution is -2.25. The molecule has 2 N–H and O–H groups in total. The predicted molar refractivity (Wildman–Crippen MR) is 73.6 cm³/mol. The van der Waals surface area contributed by atoms with E-state index in [0.717, 1.165) is 5.56 Å². The Hall–Kier alpha value is -2.76. The molecule has 0 spiro atoms. The van der Waals surface area contributed by atoms with Gasteiger partial charge in [-0.25, -0.2) is 10.2 Å². The van der Waals surface area contributed by atoms with E-state index in [1.807, 2.05) is 30.3 Å². The van der Waals surface area contributed by atoms with Crippen molar-refractivity contribution in [3.05, 3.63) is 64.1 Å². The molecule has 0 unspecified atom stereocenters. The third-order valence-corrected chi connectivity index (χ3v) is 2.73. The number of hydrogen-bond donors (Lipinski definition) is 2. The van der Waals surface area contributed by atoms with Crippen LogP contribution in [0.25, 0.3) is 0 Å². The Morgan fingerprint density at radius 1 is 1.30 bits per heavy atom. The third kappa shape index (κ3) is 3.17. The predicted octanol–water partition coefficient (Wildman–Crippen LogP) is 1.96. The minimum atomic E-state index is -1.22. The third-order valence-electron chi connectivity index (χ3n) is 2.73. The fourth-order valence-corrected chi connectivity index (χ4v) is 1.75. The molecule has 0 aliphatic heterocycles. The van der Waals surface area contributed by atoms with Gasteiger partial charge in [-0.15, -0.1) is 0 Å². The first-order chi connectivity index (χ1) is 9.58. The molecule has 0 atom stereocenters. The Bertz CT molecular complexity index is 665. The second-order valence-electron chi connectivity index (χ2n) is 4.16. The maximum Gasteiger partial charge on any atom is 0.423 e. The van der Waals surface area contributed by atoms with Crippen molar-refractivity contribution in [2.75, 3.05) is 5.43 Å². The zero-order chi connectivity index (χ0) is 14.5. The molecule has 0 fully saturated rings. The molecular weight excluding hydrogens is 260 g/mol. The van der Waals surface area contributed by atoms with Gasteiger partial charge in [0.25, 0.3) is 0 Å². The summed E-state index contributed by atoms with van der Waals surface area (Å²) in [4.78, 5) is 22.4. The van der Waals surface area contributed by atoms with Crippen LogP contribution in [0, 0.1) is 6.92 Å². The first-order valence-corrected chi connectivity index (χ1v) is 5.97. The van der Waals surface area contributed by atoms with Crippen molar-refractivity contribution >= 4 is 6.09 Å². The van der Waals surface area contributed by atoms with Gasteiger partial charge < -0.3 is 9.84 Å². The Morgan fingerprint density at radius 3 is 2.65 bits per heavy atom. The van der Waals surface area contributed by atoms with Crippen molar-refractivity contribution in [1.82, 2.24) is 4.68 Å². The lowest BCUT2D eigenvalue weighted by Gasteiger charge is -2.14. The van der Waals surface area contributed by atoms with Gasteiger partial charge in [-0.2, -0.15) is 0 Å². The Kier molecular flexibility index (Phi) is 4.05. The fraction of sp³-hybridized carbons (Fsp3) is 0.143. The summed E-state index contributed by atoms with van der Waals surface area (Å²) in [5.41, 5.74) is 3.19. The van der Waals surface area contributed by atoms with Gasteiger partial charge in [0, 0.05) is 12.3 Å². The number of carboxylic acid groups (broad SMARTS) is 1. The van der Waals surface area contributed by atoms with E-state index in [4.69, 9.17) is 9.84 Å². The highest BCUT2D eigenvalue weighted by Gasteiger charge is 2.10. The van der Waals surface area contributed by atoms with Crippen molar-refractivity contribution in [1.29, 1.82) is 0 Å². The number of pyridine rings is 1. The van der Waals surface area contributed by atoms with Crippen LogP contribution in [0.4, 0.5) is 4.79 Å². The lowest BCUT2D eigenvalue weighted by atomic mass is 10.2. The SMILES string of the molecule is Cc1c(OCc2ccccc2)c(=O)ccn1NC(=O)O. The van der Waals surface area contributed by atoms with Gasteiger partial charge in [0.05, 0.1) is 5.69 Å². The Balaban J connectivity index is 2.22. The molecule has 1 aromatic heterocycles. The van der Waals surface area contributed by atoms with E-state index in [2.05, 4.69) is 5.43 Å². The molecular formula is C14H14N2O4. The van der Waals surface area contributed by atoms with Gasteiger partial charge in [0.15, 0.2) is 5.75 Å². The summed E-state index contributed by atoms with van der Waals surface area (Å²) in [7, 11) is 0. The van der Waals surface area contributed by atoms with Crippen LogP contribution in [-0.4, -0.2) is 15.9 Å². The van der Waals surface area contributed by atoms with Crippen molar-refractivity contribution in [3.63, 3.8) is 0 Å². The smallest absolute Gasteiger partial charge is 0.423 e. The normalized spacial score (nSPS) is 10.1. The van der Waals surface area contributed by atoms with Crippen LogP contribution in [-0.2, 0) is 6.61 Å². The van der Waals surface area contributed by atoms with Crippen LogP contribution in [0.3, 0.4) is 0 Å². The van der Waals surface area contributed by atoms with Gasteiger partial charge in [-0.1, -0.05) is 30.3 Å². The standard InChI is InChI=1S/C14H14N2O4/c1-10-13(20-9-11-5-3-2-4-6-11)12(17)7-8-16(10)15-14(18)19/h2-8,15H,9H2,1H3,(H,18,19). The van der Waals surface area contributed by atoms with Crippen molar-refractivity contribution < 1.29 is 14.6 Å². The number of aromatic nitrogens is 1. The van der Waals surface area contributed by atoms with Gasteiger partial charge in [-0.05, 0) is 12.5 Å². The monoisotopic (exact) mass is 274 g/mol. The van der Waals surface area contributed by atoms with Crippen LogP contribution >= 0.6 is 0 Å². The topological polar surface area (TPSA) is 80.6 Å². The zero-order valence-corrected chi connectivity index (χ0v) is 10.9. The average molecular weight is 274 g/mol. The quantitative estimate of drug-likeness (QED) is 0.893. The van der Waals surface area contributed by atoms with Gasteiger partial charge >= 0.3 is 6.09 Å². The van der Waals surface area contributed by atoms with E-state index in [1.54, 1.807) is 6.92 Å². The molecule has 0 bridgehead atoms. The molecule has 1 amide bonds. The largest absolute Gasteiger partial charge is 0.483 e. The Labute approximate surface area is 115 Å². The summed E-state index contributed by atoms with van der Waals surface area (Å²) in [6.45, 7) is 1.85. The van der Waals surface area contributed by atoms with Crippen molar-refractivity contribution in [3.8, 4) is 5.75 Å². The summed E-state index contributed by atoms with van der Waals surface area (Å²) in [5.74, 6) is 0.130. The molecule has 1 aromatic carbocycles. The van der Waals surface area contributed by atoms with E-state index in [9.17, 15) is 9.59 Å². The highest BCUT2D eigenvalue weighted by atomic mass is 16.5. The minimum Gasteiger partial charge on any atom is -0.483 e. The molecule has 2 aromatic rings. The number of benzene rings is 1. The van der Waals surface area contributed by atoms with E-state index in [1.165, 1.54) is 16.9 Å². The van der Waals surface area contributed by atoms with Crippen molar-refractivity contribution in [2.45, 2.75) is 13.5 Å². The molecule has 1 heterocycles. The number of carbonyl (C=O) groups is 1. The second kappa shape index (κ2) is 5.92. The first kappa shape index (κ1) is 13.7. The van der Waals surface area contributed by atoms with Crippen LogP contribution in [0.5, 0.6) is 5.75 Å². The molecule has 6 heteroatoms. The maximum absolute atomic E-state index is 11.8. The molecule has 0 saturated heterocycles. The molecule has 0 saturated carbocycles. The van der Waals surface area contributed by atoms with Gasteiger partial charge in [0.2, 0.25) is 5.43 Å². The van der Waals surface area contributed by atoms with E-state index in [0.29, 0.717) is 5.69 Å². The zero-order valence-electron chi connectivity index (χ0n) is 10.9. The second-order valence-corrected chi connectivity index (χ2v) is 4.16. The fourth-order valence-electron chi connectivity index (χ4n) is 1.75. The van der Waals surface area contributed by atoms with E-state index >= 15 is 0 Å². The number of ether oxygens (including phenoxy) is 1. The van der Waals surface area contributed by atoms with E-state index in [-0.39, 0.29) is 17.8 Å². The van der Waals surface area contributed by atoms with Crippen LogP contribution in [0.2, 0.25) is 0 Å². The summed E-state index contributed by atoms with van der Waals surface area (Å²) < 4.78 is 6.74. The van der Waals surface area contributed by atoms with Gasteiger partial charge in [0.1, 0.15) is 6.61 Å². The number of nitrogens with zero attached hydrogens (tertiary/aromatic N) is 1. The van der Waals surface area contributed by atoms with Crippen LogP contribution in [0.1, 0.15) is 11.3 Å². The highest BCUT2D eigenvalue weighted by molar-refractivity contribution is 5.73. The summed E-state index contributed by atoms with van der Waals surface area (Å²) in [6.07, 6.45) is 0.131. The first-order valence-electron chi connectivity index (χ1n) is 5.97. The molecule has 0 aliphatic rings. The average Bonchev–Trinajstić information content (AvgIpc) is 2.43. The molecule has 20 heavy (non-hydrogen) atoms. The van der Waals surface area contributed by atoms with Crippen LogP contribution in [0.15, 0.2) is 47.4 Å². The molecule has 2 rings (SSSR count). The number of hydrogen-bond acceptors (Lipinski definition) is 3. The summed E-state index contributed by atoms with van der Waals surface area (Å²) in [5, 5.41) is 8.71. The Morgan fingerprint density at radius 2 is 2.00 bits per heavy atom. The maximum atomic E-state index is 11.8. The van der Waals surface area contributed by atoms with Crippen LogP contribution < -0.4 is 15.6 Å². The highest BCUT2D eigenvalue weighted by Crippen LogP contribution is 2.13. The molecule has 0 radical (unpaired) electrons. The van der Waals surface area contributed by atoms with Crippen molar-refractivity contribution in [2.24, 2.45) is 0 Å². The minimum absolute atomic E-state index is 0.130. The number of nitrogens with one attached hydrogen (secondary N) is 1. The number of amides is 1. The summed E-state index contributed by atoms with van der Waals surface area (Å²) in [6, 6.07) is 10.7. The summed E-state index contributed by atoms with van der Waals surface area (Å²) >= 11 is 0. The molecule has 104 valence electrons. The van der Waals surface area contributed by atoms with E-state index < -0.39 is 6.09 Å². The lowest BCUT2D eigenvalue weighted by molar-refractivity contribution is 0.206.